The van der Waals surface area contributed by atoms with Gasteiger partial charge in [-0.15, -0.1) is 0 Å². The van der Waals surface area contributed by atoms with Crippen LogP contribution >= 0.6 is 0 Å². The summed E-state index contributed by atoms with van der Waals surface area (Å²) in [7, 11) is 0. The molecule has 9 nitrogen and oxygen atoms in total. The minimum Gasteiger partial charge on any atom is -0.463 e. The highest BCUT2D eigenvalue weighted by atomic mass is 16.6. The molecule has 1 atom stereocenters. The normalized spacial score (nSPS) is 17.3. The number of amides is 2. The molecule has 1 aliphatic heterocycles. The van der Waals surface area contributed by atoms with E-state index in [9.17, 15) is 19.7 Å². The van der Waals surface area contributed by atoms with Gasteiger partial charge in [-0.25, -0.2) is 9.59 Å². The Morgan fingerprint density at radius 3 is 2.56 bits per heavy atom. The van der Waals surface area contributed by atoms with Crippen molar-refractivity contribution in [3.63, 3.8) is 0 Å². The molecule has 25 heavy (non-hydrogen) atoms. The molecule has 0 unspecified atom stereocenters. The number of ether oxygens (including phenoxy) is 1. The van der Waals surface area contributed by atoms with Gasteiger partial charge < -0.3 is 15.2 Å². The molecule has 9 heteroatoms. The zero-order valence-electron chi connectivity index (χ0n) is 13.9. The molecule has 0 aliphatic carbocycles. The van der Waals surface area contributed by atoms with Crippen LogP contribution in [0.3, 0.4) is 0 Å². The average Bonchev–Trinajstić information content (AvgIpc) is 2.58. The number of aliphatic hydroxyl groups is 1. The predicted molar refractivity (Wildman–Crippen MR) is 87.5 cm³/mol. The molecule has 1 heterocycles. The minimum atomic E-state index is -0.790. The molecule has 0 saturated carbocycles. The lowest BCUT2D eigenvalue weighted by molar-refractivity contribution is -0.384. The molecule has 2 amide bonds. The topological polar surface area (TPSA) is 122 Å². The summed E-state index contributed by atoms with van der Waals surface area (Å²) >= 11 is 0. The number of β-amino-alcohol motifs (C(OH)–C–C–N with tert-alkyl or cyclic N) is 1. The number of carbonyl (C=O) groups is 2. The first-order chi connectivity index (χ1) is 11.9. The molecule has 1 aliphatic rings. The van der Waals surface area contributed by atoms with Crippen LogP contribution in [0.4, 0.5) is 10.5 Å². The lowest BCUT2D eigenvalue weighted by Gasteiger charge is -2.35. The van der Waals surface area contributed by atoms with Gasteiger partial charge in [-0.1, -0.05) is 0 Å². The number of hydrogen-bond donors (Lipinski definition) is 2. The van der Waals surface area contributed by atoms with Gasteiger partial charge in [-0.2, -0.15) is 0 Å². The van der Waals surface area contributed by atoms with Gasteiger partial charge in [0.2, 0.25) is 0 Å². The van der Waals surface area contributed by atoms with Crippen LogP contribution in [0.25, 0.3) is 0 Å². The van der Waals surface area contributed by atoms with E-state index in [0.717, 1.165) is 0 Å². The molecular formula is C16H19N3O6. The molecule has 2 N–H and O–H groups in total. The maximum Gasteiger partial charge on any atom is 0.338 e. The third-order valence-electron chi connectivity index (χ3n) is 3.85. The molecule has 134 valence electrons. The quantitative estimate of drug-likeness (QED) is 0.456. The summed E-state index contributed by atoms with van der Waals surface area (Å²) in [5.41, 5.74) is 1.03. The van der Waals surface area contributed by atoms with Crippen molar-refractivity contribution >= 4 is 17.7 Å². The fourth-order valence-corrected chi connectivity index (χ4v) is 2.66. The molecular weight excluding hydrogens is 330 g/mol. The van der Waals surface area contributed by atoms with Crippen LogP contribution in [0.2, 0.25) is 0 Å². The summed E-state index contributed by atoms with van der Waals surface area (Å²) < 4.78 is 5.08. The summed E-state index contributed by atoms with van der Waals surface area (Å²) in [4.78, 5) is 36.2. The molecule has 1 aromatic rings. The van der Waals surface area contributed by atoms with Crippen LogP contribution in [-0.2, 0) is 9.53 Å². The molecule has 0 fully saturated rings. The number of nitro benzene ring substituents is 1. The first-order valence-electron chi connectivity index (χ1n) is 7.71. The van der Waals surface area contributed by atoms with Gasteiger partial charge in [0.15, 0.2) is 0 Å². The Kier molecular flexibility index (Phi) is 5.71. The Hall–Kier alpha value is -2.94. The van der Waals surface area contributed by atoms with Crippen molar-refractivity contribution in [1.82, 2.24) is 10.2 Å². The number of rotatable bonds is 6. The van der Waals surface area contributed by atoms with E-state index < -0.39 is 23.0 Å². The molecule has 0 radical (unpaired) electrons. The second-order valence-electron chi connectivity index (χ2n) is 5.33. The van der Waals surface area contributed by atoms with Crippen LogP contribution < -0.4 is 5.32 Å². The number of allylic oxidation sites excluding steroid dienone is 1. The Labute approximate surface area is 144 Å². The largest absolute Gasteiger partial charge is 0.463 e. The monoisotopic (exact) mass is 349 g/mol. The van der Waals surface area contributed by atoms with Gasteiger partial charge in [0.25, 0.3) is 5.69 Å². The van der Waals surface area contributed by atoms with Crippen LogP contribution in [0, 0.1) is 10.1 Å². The first kappa shape index (κ1) is 18.4. The second-order valence-corrected chi connectivity index (χ2v) is 5.33. The van der Waals surface area contributed by atoms with E-state index in [1.807, 2.05) is 0 Å². The predicted octanol–water partition coefficient (Wildman–Crippen LogP) is 1.49. The third kappa shape index (κ3) is 3.77. The van der Waals surface area contributed by atoms with Gasteiger partial charge in [-0.3, -0.25) is 15.0 Å². The van der Waals surface area contributed by atoms with Gasteiger partial charge in [0.1, 0.15) is 0 Å². The van der Waals surface area contributed by atoms with E-state index in [1.165, 1.54) is 29.2 Å². The van der Waals surface area contributed by atoms with Crippen molar-refractivity contribution in [3.8, 4) is 0 Å². The van der Waals surface area contributed by atoms with Crippen molar-refractivity contribution < 1.29 is 24.4 Å². The highest BCUT2D eigenvalue weighted by molar-refractivity contribution is 5.95. The number of esters is 1. The fraction of sp³-hybridized carbons (Fsp3) is 0.375. The van der Waals surface area contributed by atoms with E-state index in [4.69, 9.17) is 9.84 Å². The number of non-ortho nitro benzene ring substituents is 1. The Morgan fingerprint density at radius 1 is 1.40 bits per heavy atom. The fourth-order valence-electron chi connectivity index (χ4n) is 2.66. The number of nitrogens with one attached hydrogen (secondary N) is 1. The van der Waals surface area contributed by atoms with Crippen LogP contribution in [0.1, 0.15) is 25.5 Å². The second kappa shape index (κ2) is 7.75. The van der Waals surface area contributed by atoms with Gasteiger partial charge in [-0.05, 0) is 31.5 Å². The molecule has 2 rings (SSSR count). The Bertz CT molecular complexity index is 713. The number of hydrogen-bond acceptors (Lipinski definition) is 6. The number of urea groups is 1. The zero-order chi connectivity index (χ0) is 18.6. The van der Waals surface area contributed by atoms with Crippen molar-refractivity contribution in [2.45, 2.75) is 19.9 Å². The third-order valence-corrected chi connectivity index (χ3v) is 3.85. The molecule has 0 bridgehead atoms. The molecule has 0 spiro atoms. The number of nitro groups is 1. The molecule has 0 aromatic heterocycles. The van der Waals surface area contributed by atoms with E-state index in [1.54, 1.807) is 13.8 Å². The molecule has 1 aromatic carbocycles. The first-order valence-corrected chi connectivity index (χ1v) is 7.71. The van der Waals surface area contributed by atoms with E-state index in [2.05, 4.69) is 5.32 Å². The maximum atomic E-state index is 12.4. The standard InChI is InChI=1S/C16H19N3O6/c1-3-25-15(21)13-10(2)18(8-9-20)16(22)17-14(13)11-4-6-12(7-5-11)19(23)24/h4-7,14,20H,3,8-9H2,1-2H3,(H,17,22)/t14-/m1/s1. The lowest BCUT2D eigenvalue weighted by atomic mass is 9.94. The summed E-state index contributed by atoms with van der Waals surface area (Å²) in [6, 6.07) is 4.32. The van der Waals surface area contributed by atoms with E-state index in [-0.39, 0.29) is 31.0 Å². The number of carbonyl (C=O) groups excluding carboxylic acids is 2. The molecule has 0 saturated heterocycles. The highest BCUT2D eigenvalue weighted by Gasteiger charge is 2.36. The Morgan fingerprint density at radius 2 is 2.04 bits per heavy atom. The highest BCUT2D eigenvalue weighted by Crippen LogP contribution is 2.32. The maximum absolute atomic E-state index is 12.4. The zero-order valence-corrected chi connectivity index (χ0v) is 13.9. The average molecular weight is 349 g/mol. The van der Waals surface area contributed by atoms with Gasteiger partial charge in [0, 0.05) is 17.8 Å². The SMILES string of the molecule is CCOC(=O)C1=C(C)N(CCO)C(=O)N[C@@H]1c1ccc([N+](=O)[O-])cc1. The van der Waals surface area contributed by atoms with E-state index in [0.29, 0.717) is 11.3 Å². The lowest BCUT2D eigenvalue weighted by Crippen LogP contribution is -2.48. The van der Waals surface area contributed by atoms with Gasteiger partial charge in [0.05, 0.1) is 36.3 Å². The summed E-state index contributed by atoms with van der Waals surface area (Å²) in [5, 5.41) is 22.6. The minimum absolute atomic E-state index is 0.0353. The Balaban J connectivity index is 2.48. The summed E-state index contributed by atoms with van der Waals surface area (Å²) in [5.74, 6) is -0.591. The number of aliphatic hydroxyl groups excluding tert-OH is 1. The van der Waals surface area contributed by atoms with E-state index >= 15 is 0 Å². The summed E-state index contributed by atoms with van der Waals surface area (Å²) in [6.45, 7) is 3.20. The van der Waals surface area contributed by atoms with Crippen LogP contribution in [0.15, 0.2) is 35.5 Å². The van der Waals surface area contributed by atoms with Crippen LogP contribution in [0.5, 0.6) is 0 Å². The number of benzene rings is 1. The van der Waals surface area contributed by atoms with Gasteiger partial charge >= 0.3 is 12.0 Å². The number of nitrogens with zero attached hydrogens (tertiary/aromatic N) is 2. The van der Waals surface area contributed by atoms with Crippen LogP contribution in [-0.4, -0.2) is 46.7 Å². The summed E-state index contributed by atoms with van der Waals surface area (Å²) in [6.07, 6.45) is 0. The smallest absolute Gasteiger partial charge is 0.338 e. The van der Waals surface area contributed by atoms with Crippen molar-refractivity contribution in [3.05, 3.63) is 51.2 Å². The van der Waals surface area contributed by atoms with Crippen molar-refractivity contribution in [2.75, 3.05) is 19.8 Å². The van der Waals surface area contributed by atoms with Crippen molar-refractivity contribution in [1.29, 1.82) is 0 Å². The van der Waals surface area contributed by atoms with Crippen molar-refractivity contribution in [2.24, 2.45) is 0 Å².